The van der Waals surface area contributed by atoms with E-state index in [4.69, 9.17) is 4.42 Å². The van der Waals surface area contributed by atoms with Crippen LogP contribution in [0.1, 0.15) is 0 Å². The number of aromatic nitrogens is 1. The first kappa shape index (κ1) is 7.06. The molecule has 2 aromatic heterocycles. The molecule has 2 aromatic rings. The van der Waals surface area contributed by atoms with Gasteiger partial charge in [-0.15, -0.1) is 11.3 Å². The molecule has 0 bridgehead atoms. The fraction of sp³-hybridized carbons (Fsp3) is 0. The van der Waals surface area contributed by atoms with E-state index < -0.39 is 0 Å². The summed E-state index contributed by atoms with van der Waals surface area (Å²) in [5.74, 6) is 0. The Bertz CT molecular complexity index is 341. The van der Waals surface area contributed by atoms with Crippen molar-refractivity contribution in [2.24, 2.45) is 0 Å². The molecule has 4 heteroatoms. The van der Waals surface area contributed by atoms with Crippen molar-refractivity contribution in [3.8, 4) is 10.6 Å². The molecule has 0 saturated heterocycles. The molecule has 0 spiro atoms. The van der Waals surface area contributed by atoms with Crippen LogP contribution in [0.3, 0.4) is 0 Å². The number of oxazole rings is 1. The number of hydrogen-bond acceptors (Lipinski definition) is 3. The molecule has 0 radical (unpaired) electrons. The van der Waals surface area contributed by atoms with Crippen LogP contribution in [0.15, 0.2) is 33.0 Å². The zero-order chi connectivity index (χ0) is 7.68. The summed E-state index contributed by atoms with van der Waals surface area (Å²) < 4.78 is 5.97. The Hall–Kier alpha value is -0.610. The first-order chi connectivity index (χ1) is 5.36. The molecular formula is C7H4BrNOS. The third kappa shape index (κ3) is 1.36. The van der Waals surface area contributed by atoms with Gasteiger partial charge in [0.25, 0.3) is 0 Å². The largest absolute Gasteiger partial charge is 0.451 e. The zero-order valence-corrected chi connectivity index (χ0v) is 7.85. The molecule has 2 heterocycles. The molecule has 0 aliphatic rings. The molecule has 56 valence electrons. The van der Waals surface area contributed by atoms with E-state index in [2.05, 4.69) is 20.9 Å². The SMILES string of the molecule is Brc1ccc(-c2cocn2)s1. The van der Waals surface area contributed by atoms with Gasteiger partial charge in [0.05, 0.1) is 8.66 Å². The molecule has 0 aromatic carbocycles. The fourth-order valence-electron chi connectivity index (χ4n) is 0.786. The lowest BCUT2D eigenvalue weighted by atomic mass is 10.4. The normalized spacial score (nSPS) is 10.3. The van der Waals surface area contributed by atoms with Crippen LogP contribution in [0, 0.1) is 0 Å². The Morgan fingerprint density at radius 2 is 2.36 bits per heavy atom. The average molecular weight is 230 g/mol. The van der Waals surface area contributed by atoms with Gasteiger partial charge in [-0.3, -0.25) is 0 Å². The molecule has 0 aliphatic carbocycles. The summed E-state index contributed by atoms with van der Waals surface area (Å²) in [6, 6.07) is 4.00. The molecule has 0 fully saturated rings. The molecule has 0 atom stereocenters. The highest BCUT2D eigenvalue weighted by Gasteiger charge is 2.02. The van der Waals surface area contributed by atoms with E-state index in [9.17, 15) is 0 Å². The second-order valence-corrected chi connectivity index (χ2v) is 4.44. The molecule has 2 rings (SSSR count). The number of thiophene rings is 1. The number of hydrogen-bond donors (Lipinski definition) is 0. The minimum atomic E-state index is 0.890. The zero-order valence-electron chi connectivity index (χ0n) is 5.45. The topological polar surface area (TPSA) is 26.0 Å². The van der Waals surface area contributed by atoms with Crippen LogP contribution in [-0.2, 0) is 0 Å². The van der Waals surface area contributed by atoms with E-state index in [0.29, 0.717) is 0 Å². The molecule has 2 nitrogen and oxygen atoms in total. The van der Waals surface area contributed by atoms with E-state index in [1.807, 2.05) is 12.1 Å². The summed E-state index contributed by atoms with van der Waals surface area (Å²) in [6.07, 6.45) is 3.07. The van der Waals surface area contributed by atoms with Gasteiger partial charge >= 0.3 is 0 Å². The summed E-state index contributed by atoms with van der Waals surface area (Å²) in [4.78, 5) is 5.14. The highest BCUT2D eigenvalue weighted by molar-refractivity contribution is 9.11. The maximum Gasteiger partial charge on any atom is 0.181 e. The molecule has 0 amide bonds. The van der Waals surface area contributed by atoms with E-state index in [1.54, 1.807) is 17.6 Å². The second-order valence-electron chi connectivity index (χ2n) is 1.98. The van der Waals surface area contributed by atoms with Gasteiger partial charge in [-0.05, 0) is 28.1 Å². The Morgan fingerprint density at radius 3 is 2.91 bits per heavy atom. The highest BCUT2D eigenvalue weighted by atomic mass is 79.9. The summed E-state index contributed by atoms with van der Waals surface area (Å²) in [5, 5.41) is 0. The smallest absolute Gasteiger partial charge is 0.181 e. The van der Waals surface area contributed by atoms with Crippen LogP contribution in [0.25, 0.3) is 10.6 Å². The predicted octanol–water partition coefficient (Wildman–Crippen LogP) is 3.17. The van der Waals surface area contributed by atoms with Crippen molar-refractivity contribution >= 4 is 27.3 Å². The minimum Gasteiger partial charge on any atom is -0.451 e. The van der Waals surface area contributed by atoms with Gasteiger partial charge in [-0.2, -0.15) is 0 Å². The summed E-state index contributed by atoms with van der Waals surface area (Å²) in [7, 11) is 0. The first-order valence-electron chi connectivity index (χ1n) is 3.00. The summed E-state index contributed by atoms with van der Waals surface area (Å²) >= 11 is 5.02. The Morgan fingerprint density at radius 1 is 1.45 bits per heavy atom. The van der Waals surface area contributed by atoms with E-state index in [-0.39, 0.29) is 0 Å². The molecule has 0 N–H and O–H groups in total. The van der Waals surface area contributed by atoms with Crippen LogP contribution < -0.4 is 0 Å². The van der Waals surface area contributed by atoms with Crippen molar-refractivity contribution in [3.05, 3.63) is 28.6 Å². The van der Waals surface area contributed by atoms with E-state index >= 15 is 0 Å². The molecule has 0 saturated carbocycles. The van der Waals surface area contributed by atoms with Gasteiger partial charge in [-0.25, -0.2) is 4.98 Å². The maximum atomic E-state index is 4.86. The third-order valence-electron chi connectivity index (χ3n) is 1.26. The van der Waals surface area contributed by atoms with Crippen LogP contribution >= 0.6 is 27.3 Å². The van der Waals surface area contributed by atoms with E-state index in [0.717, 1.165) is 14.4 Å². The fourth-order valence-corrected chi connectivity index (χ4v) is 2.13. The van der Waals surface area contributed by atoms with Crippen molar-refractivity contribution in [1.82, 2.24) is 4.98 Å². The monoisotopic (exact) mass is 229 g/mol. The lowest BCUT2D eigenvalue weighted by Gasteiger charge is -1.82. The lowest BCUT2D eigenvalue weighted by molar-refractivity contribution is 0.558. The average Bonchev–Trinajstić information content (AvgIpc) is 2.55. The molecular weight excluding hydrogens is 226 g/mol. The van der Waals surface area contributed by atoms with Crippen molar-refractivity contribution in [2.45, 2.75) is 0 Å². The highest BCUT2D eigenvalue weighted by Crippen LogP contribution is 2.29. The van der Waals surface area contributed by atoms with Crippen LogP contribution in [0.2, 0.25) is 0 Å². The Kier molecular flexibility index (Phi) is 1.79. The van der Waals surface area contributed by atoms with Gasteiger partial charge in [0.15, 0.2) is 6.39 Å². The maximum absolute atomic E-state index is 4.86. The van der Waals surface area contributed by atoms with Crippen LogP contribution in [-0.4, -0.2) is 4.98 Å². The van der Waals surface area contributed by atoms with Gasteiger partial charge in [0.2, 0.25) is 0 Å². The van der Waals surface area contributed by atoms with Gasteiger partial charge in [-0.1, -0.05) is 0 Å². The van der Waals surface area contributed by atoms with Crippen LogP contribution in [0.4, 0.5) is 0 Å². The minimum absolute atomic E-state index is 0.890. The summed E-state index contributed by atoms with van der Waals surface area (Å²) in [5.41, 5.74) is 0.890. The lowest BCUT2D eigenvalue weighted by Crippen LogP contribution is -1.65. The Balaban J connectivity index is 2.45. The first-order valence-corrected chi connectivity index (χ1v) is 4.61. The molecule has 0 unspecified atom stereocenters. The van der Waals surface area contributed by atoms with Crippen molar-refractivity contribution < 1.29 is 4.42 Å². The van der Waals surface area contributed by atoms with Crippen LogP contribution in [0.5, 0.6) is 0 Å². The number of rotatable bonds is 1. The van der Waals surface area contributed by atoms with Gasteiger partial charge in [0.1, 0.15) is 12.0 Å². The van der Waals surface area contributed by atoms with Crippen molar-refractivity contribution in [2.75, 3.05) is 0 Å². The van der Waals surface area contributed by atoms with Crippen molar-refractivity contribution in [1.29, 1.82) is 0 Å². The van der Waals surface area contributed by atoms with Gasteiger partial charge in [0, 0.05) is 0 Å². The van der Waals surface area contributed by atoms with Crippen molar-refractivity contribution in [3.63, 3.8) is 0 Å². The predicted molar refractivity (Wildman–Crippen MR) is 47.5 cm³/mol. The third-order valence-corrected chi connectivity index (χ3v) is 2.90. The second kappa shape index (κ2) is 2.79. The standard InChI is InChI=1S/C7H4BrNOS/c8-7-2-1-6(11-7)5-3-10-4-9-5/h1-4H. The molecule has 0 aliphatic heterocycles. The van der Waals surface area contributed by atoms with E-state index in [1.165, 1.54) is 6.39 Å². The number of nitrogens with zero attached hydrogens (tertiary/aromatic N) is 1. The quantitative estimate of drug-likeness (QED) is 0.751. The molecule has 11 heavy (non-hydrogen) atoms. The summed E-state index contributed by atoms with van der Waals surface area (Å²) in [6.45, 7) is 0. The van der Waals surface area contributed by atoms with Gasteiger partial charge < -0.3 is 4.42 Å². The number of halogens is 1. The Labute approximate surface area is 76.0 Å².